The molecule has 2 N–H and O–H groups in total. The van der Waals surface area contributed by atoms with Crippen LogP contribution in [0.15, 0.2) is 12.4 Å². The van der Waals surface area contributed by atoms with Crippen molar-refractivity contribution >= 4 is 0 Å². The molecule has 0 spiro atoms. The normalized spacial score (nSPS) is 9.89. The SMILES string of the molecule is OCCCc1cn[nH]c1. The maximum Gasteiger partial charge on any atom is 0.0519 e. The molecule has 0 aliphatic rings. The molecule has 0 unspecified atom stereocenters. The van der Waals surface area contributed by atoms with Gasteiger partial charge in [-0.1, -0.05) is 0 Å². The molecule has 0 aliphatic carbocycles. The lowest BCUT2D eigenvalue weighted by Gasteiger charge is -1.89. The van der Waals surface area contributed by atoms with Gasteiger partial charge in [-0.15, -0.1) is 0 Å². The first-order valence-electron chi connectivity index (χ1n) is 3.02. The van der Waals surface area contributed by atoms with Crippen molar-refractivity contribution in [3.05, 3.63) is 18.0 Å². The summed E-state index contributed by atoms with van der Waals surface area (Å²) >= 11 is 0. The van der Waals surface area contributed by atoms with Gasteiger partial charge in [-0.3, -0.25) is 5.10 Å². The first-order chi connectivity index (χ1) is 4.43. The molecule has 0 amide bonds. The molecule has 1 heterocycles. The van der Waals surface area contributed by atoms with Gasteiger partial charge in [-0.05, 0) is 18.4 Å². The zero-order chi connectivity index (χ0) is 6.53. The summed E-state index contributed by atoms with van der Waals surface area (Å²) in [5.74, 6) is 0. The Labute approximate surface area is 53.7 Å². The van der Waals surface area contributed by atoms with Crippen molar-refractivity contribution in [1.82, 2.24) is 10.2 Å². The number of hydrogen-bond acceptors (Lipinski definition) is 2. The molecule has 1 aromatic rings. The van der Waals surface area contributed by atoms with Crippen molar-refractivity contribution in [1.29, 1.82) is 0 Å². The quantitative estimate of drug-likeness (QED) is 0.613. The molecule has 50 valence electrons. The maximum absolute atomic E-state index is 8.43. The van der Waals surface area contributed by atoms with Crippen LogP contribution in [0.4, 0.5) is 0 Å². The third-order valence-corrected chi connectivity index (χ3v) is 1.18. The Bertz CT molecular complexity index is 148. The van der Waals surface area contributed by atoms with E-state index in [4.69, 9.17) is 5.11 Å². The first kappa shape index (κ1) is 6.29. The van der Waals surface area contributed by atoms with Crippen LogP contribution in [0, 0.1) is 0 Å². The molecular weight excluding hydrogens is 116 g/mol. The Morgan fingerprint density at radius 2 is 2.56 bits per heavy atom. The highest BCUT2D eigenvalue weighted by molar-refractivity contribution is 5.01. The smallest absolute Gasteiger partial charge is 0.0519 e. The third-order valence-electron chi connectivity index (χ3n) is 1.18. The summed E-state index contributed by atoms with van der Waals surface area (Å²) in [6.45, 7) is 0.255. The molecule has 0 fully saturated rings. The first-order valence-corrected chi connectivity index (χ1v) is 3.02. The van der Waals surface area contributed by atoms with Gasteiger partial charge in [0.1, 0.15) is 0 Å². The van der Waals surface area contributed by atoms with Crippen molar-refractivity contribution in [3.8, 4) is 0 Å². The van der Waals surface area contributed by atoms with Crippen molar-refractivity contribution in [2.75, 3.05) is 6.61 Å². The zero-order valence-electron chi connectivity index (χ0n) is 5.17. The summed E-state index contributed by atoms with van der Waals surface area (Å²) in [6, 6.07) is 0. The molecule has 0 atom stereocenters. The second kappa shape index (κ2) is 3.25. The van der Waals surface area contributed by atoms with E-state index in [1.807, 2.05) is 6.20 Å². The average Bonchev–Trinajstić information content (AvgIpc) is 2.34. The van der Waals surface area contributed by atoms with Crippen molar-refractivity contribution in [2.24, 2.45) is 0 Å². The predicted octanol–water partition coefficient (Wildman–Crippen LogP) is 0.335. The Kier molecular flexibility index (Phi) is 2.27. The van der Waals surface area contributed by atoms with E-state index in [0.717, 1.165) is 18.4 Å². The fourth-order valence-electron chi connectivity index (χ4n) is 0.698. The molecule has 9 heavy (non-hydrogen) atoms. The number of aliphatic hydroxyl groups is 1. The zero-order valence-corrected chi connectivity index (χ0v) is 5.17. The van der Waals surface area contributed by atoms with Gasteiger partial charge in [0, 0.05) is 12.8 Å². The minimum Gasteiger partial charge on any atom is -0.396 e. The number of aryl methyl sites for hydroxylation is 1. The molecule has 0 radical (unpaired) electrons. The number of rotatable bonds is 3. The number of aromatic amines is 1. The van der Waals surface area contributed by atoms with Crippen molar-refractivity contribution < 1.29 is 5.11 Å². The molecule has 0 aromatic carbocycles. The highest BCUT2D eigenvalue weighted by Gasteiger charge is 1.90. The molecule has 0 saturated carbocycles. The number of aromatic nitrogens is 2. The van der Waals surface area contributed by atoms with Gasteiger partial charge in [0.25, 0.3) is 0 Å². The van der Waals surface area contributed by atoms with E-state index in [9.17, 15) is 0 Å². The molecule has 1 aromatic heterocycles. The van der Waals surface area contributed by atoms with E-state index in [0.29, 0.717) is 0 Å². The molecule has 1 rings (SSSR count). The van der Waals surface area contributed by atoms with E-state index < -0.39 is 0 Å². The lowest BCUT2D eigenvalue weighted by Crippen LogP contribution is -1.86. The summed E-state index contributed by atoms with van der Waals surface area (Å²) in [5, 5.41) is 14.9. The van der Waals surface area contributed by atoms with Crippen LogP contribution in [0.25, 0.3) is 0 Å². The van der Waals surface area contributed by atoms with Crippen LogP contribution in [0.3, 0.4) is 0 Å². The Balaban J connectivity index is 2.30. The standard InChI is InChI=1S/C6H10N2O/c9-3-1-2-6-4-7-8-5-6/h4-5,9H,1-3H2,(H,7,8). The number of H-pyrrole nitrogens is 1. The Morgan fingerprint density at radius 1 is 1.67 bits per heavy atom. The van der Waals surface area contributed by atoms with Crippen molar-refractivity contribution in [3.63, 3.8) is 0 Å². The second-order valence-electron chi connectivity index (χ2n) is 1.93. The summed E-state index contributed by atoms with van der Waals surface area (Å²) in [5.41, 5.74) is 1.16. The van der Waals surface area contributed by atoms with Gasteiger partial charge in [0.05, 0.1) is 6.20 Å². The molecule has 3 nitrogen and oxygen atoms in total. The number of hydrogen-bond donors (Lipinski definition) is 2. The van der Waals surface area contributed by atoms with E-state index in [2.05, 4.69) is 10.2 Å². The summed E-state index contributed by atoms with van der Waals surface area (Å²) in [7, 11) is 0. The largest absolute Gasteiger partial charge is 0.396 e. The van der Waals surface area contributed by atoms with Gasteiger partial charge >= 0.3 is 0 Å². The van der Waals surface area contributed by atoms with Crippen LogP contribution in [0.5, 0.6) is 0 Å². The predicted molar refractivity (Wildman–Crippen MR) is 34.0 cm³/mol. The summed E-state index contributed by atoms with van der Waals surface area (Å²) in [4.78, 5) is 0. The van der Waals surface area contributed by atoms with Gasteiger partial charge < -0.3 is 5.11 Å². The number of aliphatic hydroxyl groups excluding tert-OH is 1. The minimum absolute atomic E-state index is 0.255. The summed E-state index contributed by atoms with van der Waals surface area (Å²) in [6.07, 6.45) is 5.35. The minimum atomic E-state index is 0.255. The van der Waals surface area contributed by atoms with Gasteiger partial charge in [0.15, 0.2) is 0 Å². The van der Waals surface area contributed by atoms with Crippen LogP contribution in [-0.2, 0) is 6.42 Å². The highest BCUT2D eigenvalue weighted by atomic mass is 16.2. The second-order valence-corrected chi connectivity index (χ2v) is 1.93. The van der Waals surface area contributed by atoms with Crippen LogP contribution in [0.2, 0.25) is 0 Å². The lowest BCUT2D eigenvalue weighted by atomic mass is 10.2. The van der Waals surface area contributed by atoms with Crippen LogP contribution in [-0.4, -0.2) is 21.9 Å². The fourth-order valence-corrected chi connectivity index (χ4v) is 0.698. The van der Waals surface area contributed by atoms with Crippen LogP contribution < -0.4 is 0 Å². The van der Waals surface area contributed by atoms with Crippen molar-refractivity contribution in [2.45, 2.75) is 12.8 Å². The third kappa shape index (κ3) is 1.85. The number of nitrogens with one attached hydrogen (secondary N) is 1. The lowest BCUT2D eigenvalue weighted by molar-refractivity contribution is 0.288. The topological polar surface area (TPSA) is 48.9 Å². The molecule has 0 aliphatic heterocycles. The molecule has 0 saturated heterocycles. The number of nitrogens with zero attached hydrogens (tertiary/aromatic N) is 1. The van der Waals surface area contributed by atoms with E-state index in [-0.39, 0.29) is 6.61 Å². The fraction of sp³-hybridized carbons (Fsp3) is 0.500. The van der Waals surface area contributed by atoms with E-state index in [1.54, 1.807) is 6.20 Å². The Morgan fingerprint density at radius 3 is 3.11 bits per heavy atom. The van der Waals surface area contributed by atoms with Crippen LogP contribution in [0.1, 0.15) is 12.0 Å². The molecular formula is C6H10N2O. The summed E-state index contributed by atoms with van der Waals surface area (Å²) < 4.78 is 0. The average molecular weight is 126 g/mol. The van der Waals surface area contributed by atoms with Gasteiger partial charge in [-0.25, -0.2) is 0 Å². The Hall–Kier alpha value is -0.830. The maximum atomic E-state index is 8.43. The monoisotopic (exact) mass is 126 g/mol. The van der Waals surface area contributed by atoms with Gasteiger partial charge in [-0.2, -0.15) is 5.10 Å². The molecule has 0 bridgehead atoms. The molecule has 3 heteroatoms. The van der Waals surface area contributed by atoms with E-state index in [1.165, 1.54) is 0 Å². The highest BCUT2D eigenvalue weighted by Crippen LogP contribution is 1.96. The van der Waals surface area contributed by atoms with Crippen LogP contribution >= 0.6 is 0 Å². The van der Waals surface area contributed by atoms with Gasteiger partial charge in [0.2, 0.25) is 0 Å². The van der Waals surface area contributed by atoms with E-state index >= 15 is 0 Å².